The van der Waals surface area contributed by atoms with Crippen LogP contribution in [0, 0.1) is 0 Å². The van der Waals surface area contributed by atoms with Gasteiger partial charge >= 0.3 is 0 Å². The van der Waals surface area contributed by atoms with Crippen LogP contribution in [0.15, 0.2) is 34.9 Å². The summed E-state index contributed by atoms with van der Waals surface area (Å²) < 4.78 is 16.0. The van der Waals surface area contributed by atoms with Crippen LogP contribution in [0.25, 0.3) is 10.9 Å². The minimum absolute atomic E-state index is 0.326. The van der Waals surface area contributed by atoms with Gasteiger partial charge in [-0.1, -0.05) is 16.5 Å². The van der Waals surface area contributed by atoms with Crippen molar-refractivity contribution in [1.29, 1.82) is 0 Å². The number of hydrogen-bond donors (Lipinski definition) is 1. The van der Waals surface area contributed by atoms with Crippen LogP contribution >= 0.6 is 0 Å². The molecule has 1 N–H and O–H groups in total. The van der Waals surface area contributed by atoms with E-state index >= 15 is 0 Å². The first-order valence-electron chi connectivity index (χ1n) is 5.93. The normalized spacial score (nSPS) is 15.1. The monoisotopic (exact) mass is 262 g/mol. The van der Waals surface area contributed by atoms with Crippen molar-refractivity contribution in [3.05, 3.63) is 36.0 Å². The molecule has 0 bridgehead atoms. The molecular weight excluding hydrogens is 244 g/mol. The average molecular weight is 262 g/mol. The van der Waals surface area contributed by atoms with Gasteiger partial charge in [0.25, 0.3) is 0 Å². The molecule has 1 atom stereocenters. The fourth-order valence-corrected chi connectivity index (χ4v) is 2.33. The molecule has 0 fully saturated rings. The van der Waals surface area contributed by atoms with Crippen LogP contribution in [0.3, 0.4) is 0 Å². The van der Waals surface area contributed by atoms with E-state index < -0.39 is 11.4 Å². The fraction of sp³-hybridized carbons (Fsp3) is 0.357. The Morgan fingerprint density at radius 1 is 1.28 bits per heavy atom. The predicted molar refractivity (Wildman–Crippen MR) is 78.4 cm³/mol. The number of benzene rings is 1. The van der Waals surface area contributed by atoms with E-state index in [-0.39, 0.29) is 4.75 Å². The molecule has 1 unspecified atom stereocenters. The molecule has 18 heavy (non-hydrogen) atoms. The number of fused-ring (bicyclic) bond motifs is 1. The molecule has 0 aliphatic carbocycles. The summed E-state index contributed by atoms with van der Waals surface area (Å²) in [5, 5.41) is 1.12. The molecule has 1 heterocycles. The number of aromatic nitrogens is 1. The third-order valence-corrected chi connectivity index (χ3v) is 4.22. The number of H-pyrrole nitrogens is 1. The zero-order valence-electron chi connectivity index (χ0n) is 11.2. The van der Waals surface area contributed by atoms with E-state index in [1.54, 1.807) is 0 Å². The van der Waals surface area contributed by atoms with Crippen molar-refractivity contribution in [2.75, 3.05) is 0 Å². The molecule has 0 saturated heterocycles. The minimum Gasteiger partial charge on any atom is -0.591 e. The van der Waals surface area contributed by atoms with Gasteiger partial charge in [-0.05, 0) is 39.8 Å². The number of rotatable bonds is 2. The Morgan fingerprint density at radius 3 is 2.67 bits per heavy atom. The Kier molecular flexibility index (Phi) is 3.50. The van der Waals surface area contributed by atoms with Crippen molar-refractivity contribution in [3.63, 3.8) is 0 Å². The molecular formula is C14H18N2OS. The van der Waals surface area contributed by atoms with Crippen LogP contribution < -0.4 is 0 Å². The standard InChI is InChI=1S/C14H18N2OS/c1-10(16-18(17)14(2,3)4)11-6-5-7-13-12(11)8-9-15-13/h5-9,15H,1-4H3/b16-10+. The Balaban J connectivity index is 2.42. The lowest BCUT2D eigenvalue weighted by Gasteiger charge is -2.18. The largest absolute Gasteiger partial charge is 0.591 e. The molecule has 2 aromatic rings. The molecule has 0 radical (unpaired) electrons. The van der Waals surface area contributed by atoms with Gasteiger partial charge in [0.1, 0.15) is 16.1 Å². The van der Waals surface area contributed by atoms with Gasteiger partial charge in [-0.25, -0.2) is 0 Å². The smallest absolute Gasteiger partial charge is 0.144 e. The minimum atomic E-state index is -1.22. The van der Waals surface area contributed by atoms with Crippen molar-refractivity contribution >= 4 is 28.0 Å². The summed E-state index contributed by atoms with van der Waals surface area (Å²) in [6.45, 7) is 7.69. The van der Waals surface area contributed by atoms with Gasteiger partial charge < -0.3 is 9.54 Å². The van der Waals surface area contributed by atoms with Gasteiger partial charge in [-0.3, -0.25) is 0 Å². The first kappa shape index (κ1) is 13.2. The SMILES string of the molecule is C/C(=N\[S+]([O-])C(C)(C)C)c1cccc2[nH]ccc12. The molecule has 0 saturated carbocycles. The van der Waals surface area contributed by atoms with Crippen LogP contribution in [0.1, 0.15) is 33.3 Å². The average Bonchev–Trinajstić information content (AvgIpc) is 2.74. The van der Waals surface area contributed by atoms with Gasteiger partial charge in [-0.2, -0.15) is 0 Å². The van der Waals surface area contributed by atoms with E-state index in [1.807, 2.05) is 58.2 Å². The second-order valence-corrected chi connectivity index (χ2v) is 7.19. The quantitative estimate of drug-likeness (QED) is 0.654. The highest BCUT2D eigenvalue weighted by Crippen LogP contribution is 2.22. The topological polar surface area (TPSA) is 51.2 Å². The second kappa shape index (κ2) is 4.78. The lowest BCUT2D eigenvalue weighted by molar-refractivity contribution is 0.561. The maximum Gasteiger partial charge on any atom is 0.144 e. The van der Waals surface area contributed by atoms with Gasteiger partial charge in [0.05, 0.1) is 5.71 Å². The number of hydrogen-bond acceptors (Lipinski definition) is 2. The molecule has 4 heteroatoms. The molecule has 96 valence electrons. The van der Waals surface area contributed by atoms with Gasteiger partial charge in [0, 0.05) is 22.7 Å². The lowest BCUT2D eigenvalue weighted by atomic mass is 10.1. The Bertz CT molecular complexity index is 581. The Morgan fingerprint density at radius 2 is 2.00 bits per heavy atom. The van der Waals surface area contributed by atoms with E-state index in [1.165, 1.54) is 0 Å². The first-order chi connectivity index (χ1) is 8.39. The van der Waals surface area contributed by atoms with Crippen LogP contribution in [0.2, 0.25) is 0 Å². The number of nitrogens with zero attached hydrogens (tertiary/aromatic N) is 1. The van der Waals surface area contributed by atoms with Gasteiger partial charge in [0.2, 0.25) is 0 Å². The van der Waals surface area contributed by atoms with Crippen molar-refractivity contribution in [2.24, 2.45) is 4.40 Å². The molecule has 0 aliphatic rings. The van der Waals surface area contributed by atoms with Crippen molar-refractivity contribution in [1.82, 2.24) is 4.98 Å². The van der Waals surface area contributed by atoms with E-state index in [0.29, 0.717) is 0 Å². The third kappa shape index (κ3) is 2.60. The zero-order valence-corrected chi connectivity index (χ0v) is 12.0. The van der Waals surface area contributed by atoms with Gasteiger partial charge in [0.15, 0.2) is 0 Å². The highest BCUT2D eigenvalue weighted by Gasteiger charge is 2.26. The van der Waals surface area contributed by atoms with Crippen molar-refractivity contribution in [3.8, 4) is 0 Å². The maximum atomic E-state index is 12.0. The maximum absolute atomic E-state index is 12.0. The van der Waals surface area contributed by atoms with E-state index in [0.717, 1.165) is 22.2 Å². The summed E-state index contributed by atoms with van der Waals surface area (Å²) >= 11 is -1.22. The molecule has 2 rings (SSSR count). The molecule has 1 aromatic heterocycles. The van der Waals surface area contributed by atoms with Crippen LogP contribution in [0.5, 0.6) is 0 Å². The predicted octanol–water partition coefficient (Wildman–Crippen LogP) is 3.44. The molecule has 0 aliphatic heterocycles. The summed E-state index contributed by atoms with van der Waals surface area (Å²) in [6.07, 6.45) is 1.90. The first-order valence-corrected chi connectivity index (χ1v) is 7.04. The van der Waals surface area contributed by atoms with E-state index in [2.05, 4.69) is 9.38 Å². The highest BCUT2D eigenvalue weighted by molar-refractivity contribution is 7.91. The number of nitrogens with one attached hydrogen (secondary N) is 1. The number of aromatic amines is 1. The highest BCUT2D eigenvalue weighted by atomic mass is 32.2. The van der Waals surface area contributed by atoms with Crippen LogP contribution in [-0.4, -0.2) is 20.0 Å². The van der Waals surface area contributed by atoms with E-state index in [4.69, 9.17) is 0 Å². The van der Waals surface area contributed by atoms with Gasteiger partial charge in [-0.15, -0.1) is 0 Å². The van der Waals surface area contributed by atoms with Crippen LogP contribution in [-0.2, 0) is 11.4 Å². The summed E-state index contributed by atoms with van der Waals surface area (Å²) in [6, 6.07) is 8.03. The summed E-state index contributed by atoms with van der Waals surface area (Å²) in [7, 11) is 0. The lowest BCUT2D eigenvalue weighted by Crippen LogP contribution is -2.26. The second-order valence-electron chi connectivity index (χ2n) is 5.28. The molecule has 0 spiro atoms. The fourth-order valence-electron chi connectivity index (χ4n) is 1.71. The van der Waals surface area contributed by atoms with Crippen LogP contribution in [0.4, 0.5) is 0 Å². The third-order valence-electron chi connectivity index (χ3n) is 2.73. The molecule has 0 amide bonds. The molecule has 3 nitrogen and oxygen atoms in total. The van der Waals surface area contributed by atoms with Crippen molar-refractivity contribution in [2.45, 2.75) is 32.4 Å². The Labute approximate surface area is 111 Å². The van der Waals surface area contributed by atoms with Crippen molar-refractivity contribution < 1.29 is 4.55 Å². The Hall–Kier alpha value is -1.26. The summed E-state index contributed by atoms with van der Waals surface area (Å²) in [5.74, 6) is 0. The zero-order chi connectivity index (χ0) is 13.3. The van der Waals surface area contributed by atoms with E-state index in [9.17, 15) is 4.55 Å². The molecule has 1 aromatic carbocycles. The summed E-state index contributed by atoms with van der Waals surface area (Å²) in [4.78, 5) is 3.17. The summed E-state index contributed by atoms with van der Waals surface area (Å²) in [5.41, 5.74) is 2.92.